The van der Waals surface area contributed by atoms with Gasteiger partial charge >= 0.3 is 0 Å². The van der Waals surface area contributed by atoms with Gasteiger partial charge in [-0.3, -0.25) is 0 Å². The van der Waals surface area contributed by atoms with Gasteiger partial charge < -0.3 is 19.4 Å². The van der Waals surface area contributed by atoms with E-state index >= 15 is 0 Å². The minimum absolute atomic E-state index is 0.275. The number of rotatable bonds is 6. The molecule has 19 heavy (non-hydrogen) atoms. The minimum atomic E-state index is -0.801. The third kappa shape index (κ3) is 2.99. The van der Waals surface area contributed by atoms with Gasteiger partial charge in [0.2, 0.25) is 5.76 Å². The predicted octanol–water partition coefficient (Wildman–Crippen LogP) is 1.63. The van der Waals surface area contributed by atoms with Crippen molar-refractivity contribution in [1.29, 1.82) is 0 Å². The molecule has 0 saturated carbocycles. The second-order valence-electron chi connectivity index (χ2n) is 4.66. The van der Waals surface area contributed by atoms with E-state index in [1.54, 1.807) is 13.8 Å². The van der Waals surface area contributed by atoms with Crippen LogP contribution in [0.1, 0.15) is 31.8 Å². The normalized spacial score (nSPS) is 14.5. The summed E-state index contributed by atoms with van der Waals surface area (Å²) in [4.78, 5) is 8.22. The zero-order chi connectivity index (χ0) is 13.9. The second kappa shape index (κ2) is 5.50. The molecular weight excluding hydrogens is 248 g/mol. The van der Waals surface area contributed by atoms with Crippen LogP contribution >= 0.6 is 0 Å². The lowest BCUT2D eigenvalue weighted by atomic mass is 10.1. The quantitative estimate of drug-likeness (QED) is 0.793. The summed E-state index contributed by atoms with van der Waals surface area (Å²) in [5.41, 5.74) is 6.02. The van der Waals surface area contributed by atoms with E-state index in [4.69, 9.17) is 19.4 Å². The zero-order valence-corrected chi connectivity index (χ0v) is 11.3. The number of aryl methyl sites for hydroxylation is 1. The third-order valence-electron chi connectivity index (χ3n) is 2.63. The average molecular weight is 266 g/mol. The van der Waals surface area contributed by atoms with Crippen molar-refractivity contribution in [1.82, 2.24) is 15.1 Å². The Morgan fingerprint density at radius 1 is 1.47 bits per heavy atom. The lowest BCUT2D eigenvalue weighted by Crippen LogP contribution is -2.39. The van der Waals surface area contributed by atoms with Gasteiger partial charge in [0.15, 0.2) is 12.2 Å². The van der Waals surface area contributed by atoms with Crippen molar-refractivity contribution in [2.45, 2.75) is 32.7 Å². The van der Waals surface area contributed by atoms with Crippen LogP contribution in [0.2, 0.25) is 0 Å². The number of nitrogens with two attached hydrogens (primary N) is 1. The van der Waals surface area contributed by atoms with E-state index in [2.05, 4.69) is 15.1 Å². The van der Waals surface area contributed by atoms with Crippen LogP contribution in [-0.4, -0.2) is 28.3 Å². The van der Waals surface area contributed by atoms with Crippen LogP contribution in [0.15, 0.2) is 15.3 Å². The summed E-state index contributed by atoms with van der Waals surface area (Å²) in [6.07, 6.45) is 2.27. The molecule has 0 fully saturated rings. The molecule has 0 spiro atoms. The summed E-state index contributed by atoms with van der Waals surface area (Å²) in [6, 6.07) is 0. The summed E-state index contributed by atoms with van der Waals surface area (Å²) in [5.74, 6) is 1.12. The van der Waals surface area contributed by atoms with Crippen LogP contribution in [0.3, 0.4) is 0 Å². The van der Waals surface area contributed by atoms with Crippen LogP contribution in [0.25, 0.3) is 11.7 Å². The molecular formula is C12H18N4O3. The highest BCUT2D eigenvalue weighted by molar-refractivity contribution is 5.46. The Morgan fingerprint density at radius 3 is 2.89 bits per heavy atom. The van der Waals surface area contributed by atoms with Gasteiger partial charge in [-0.1, -0.05) is 12.1 Å². The highest BCUT2D eigenvalue weighted by Crippen LogP contribution is 2.23. The average Bonchev–Trinajstić information content (AvgIpc) is 2.97. The number of nitrogens with zero attached hydrogens (tertiary/aromatic N) is 3. The zero-order valence-electron chi connectivity index (χ0n) is 11.3. The molecule has 1 atom stereocenters. The molecule has 0 saturated heterocycles. The Labute approximate surface area is 111 Å². The molecule has 0 aliphatic carbocycles. The Balaban J connectivity index is 2.14. The fraction of sp³-hybridized carbons (Fsp3) is 0.583. The van der Waals surface area contributed by atoms with Gasteiger partial charge in [0, 0.05) is 6.61 Å². The SMILES string of the molecule is CCCOCC(C)(N)c1noc(-c2ocnc2C)n1. The van der Waals surface area contributed by atoms with Crippen LogP contribution in [0.4, 0.5) is 0 Å². The number of ether oxygens (including phenoxy) is 1. The van der Waals surface area contributed by atoms with Gasteiger partial charge in [0.05, 0.1) is 12.3 Å². The van der Waals surface area contributed by atoms with Crippen molar-refractivity contribution in [2.75, 3.05) is 13.2 Å². The van der Waals surface area contributed by atoms with Crippen molar-refractivity contribution in [3.63, 3.8) is 0 Å². The fourth-order valence-corrected chi connectivity index (χ4v) is 1.55. The molecule has 2 N–H and O–H groups in total. The molecule has 7 nitrogen and oxygen atoms in total. The van der Waals surface area contributed by atoms with E-state index in [1.165, 1.54) is 6.39 Å². The molecule has 2 aromatic heterocycles. The van der Waals surface area contributed by atoms with Crippen molar-refractivity contribution in [3.05, 3.63) is 17.9 Å². The Bertz CT molecular complexity index is 533. The first-order chi connectivity index (χ1) is 9.04. The molecule has 0 radical (unpaired) electrons. The smallest absolute Gasteiger partial charge is 0.295 e. The molecule has 1 unspecified atom stereocenters. The lowest BCUT2D eigenvalue weighted by molar-refractivity contribution is 0.0867. The van der Waals surface area contributed by atoms with Crippen molar-refractivity contribution >= 4 is 0 Å². The Kier molecular flexibility index (Phi) is 3.96. The topological polar surface area (TPSA) is 100 Å². The molecule has 0 aliphatic heterocycles. The van der Waals surface area contributed by atoms with Gasteiger partial charge in [-0.25, -0.2) is 4.98 Å². The summed E-state index contributed by atoms with van der Waals surface area (Å²) in [7, 11) is 0. The molecule has 0 aliphatic rings. The number of oxazole rings is 1. The molecule has 7 heteroatoms. The van der Waals surface area contributed by atoms with E-state index in [9.17, 15) is 0 Å². The van der Waals surface area contributed by atoms with E-state index < -0.39 is 5.54 Å². The van der Waals surface area contributed by atoms with Crippen molar-refractivity contribution < 1.29 is 13.7 Å². The minimum Gasteiger partial charge on any atom is -0.438 e. The van der Waals surface area contributed by atoms with E-state index in [0.29, 0.717) is 30.5 Å². The number of hydrogen-bond acceptors (Lipinski definition) is 7. The number of aromatic nitrogens is 3. The molecule has 2 aromatic rings. The first kappa shape index (κ1) is 13.7. The molecule has 0 aromatic carbocycles. The van der Waals surface area contributed by atoms with E-state index in [-0.39, 0.29) is 5.89 Å². The van der Waals surface area contributed by atoms with Crippen LogP contribution in [-0.2, 0) is 10.3 Å². The summed E-state index contributed by atoms with van der Waals surface area (Å²) in [6.45, 7) is 6.61. The van der Waals surface area contributed by atoms with Crippen LogP contribution in [0.5, 0.6) is 0 Å². The standard InChI is InChI=1S/C12H18N4O3/c1-4-5-17-6-12(3,13)11-15-10(19-16-11)9-8(2)14-7-18-9/h7H,4-6,13H2,1-3H3. The first-order valence-corrected chi connectivity index (χ1v) is 6.16. The summed E-state index contributed by atoms with van der Waals surface area (Å²) < 4.78 is 15.8. The molecule has 2 heterocycles. The summed E-state index contributed by atoms with van der Waals surface area (Å²) >= 11 is 0. The third-order valence-corrected chi connectivity index (χ3v) is 2.63. The van der Waals surface area contributed by atoms with Gasteiger partial charge in [0.1, 0.15) is 5.54 Å². The summed E-state index contributed by atoms with van der Waals surface area (Å²) in [5, 5.41) is 3.88. The van der Waals surface area contributed by atoms with Gasteiger partial charge in [-0.15, -0.1) is 0 Å². The molecule has 0 amide bonds. The predicted molar refractivity (Wildman–Crippen MR) is 67.2 cm³/mol. The maximum absolute atomic E-state index is 6.13. The molecule has 2 rings (SSSR count). The van der Waals surface area contributed by atoms with Gasteiger partial charge in [-0.2, -0.15) is 4.98 Å². The Hall–Kier alpha value is -1.73. The van der Waals surface area contributed by atoms with Crippen LogP contribution in [0, 0.1) is 6.92 Å². The van der Waals surface area contributed by atoms with E-state index in [0.717, 1.165) is 6.42 Å². The number of hydrogen-bond donors (Lipinski definition) is 1. The fourth-order valence-electron chi connectivity index (χ4n) is 1.55. The maximum Gasteiger partial charge on any atom is 0.295 e. The molecule has 104 valence electrons. The lowest BCUT2D eigenvalue weighted by Gasteiger charge is -2.19. The molecule has 0 bridgehead atoms. The highest BCUT2D eigenvalue weighted by atomic mass is 16.5. The largest absolute Gasteiger partial charge is 0.438 e. The van der Waals surface area contributed by atoms with E-state index in [1.807, 2.05) is 6.92 Å². The second-order valence-corrected chi connectivity index (χ2v) is 4.66. The monoisotopic (exact) mass is 266 g/mol. The Morgan fingerprint density at radius 2 is 2.26 bits per heavy atom. The van der Waals surface area contributed by atoms with Crippen molar-refractivity contribution in [3.8, 4) is 11.7 Å². The van der Waals surface area contributed by atoms with Gasteiger partial charge in [-0.05, 0) is 20.3 Å². The van der Waals surface area contributed by atoms with Gasteiger partial charge in [0.25, 0.3) is 5.89 Å². The van der Waals surface area contributed by atoms with Crippen molar-refractivity contribution in [2.24, 2.45) is 5.73 Å². The maximum atomic E-state index is 6.13. The highest BCUT2D eigenvalue weighted by Gasteiger charge is 2.29. The first-order valence-electron chi connectivity index (χ1n) is 6.16. The van der Waals surface area contributed by atoms with Crippen LogP contribution < -0.4 is 5.73 Å².